The molecule has 1 aliphatic carbocycles. The van der Waals surface area contributed by atoms with Gasteiger partial charge in [-0.15, -0.1) is 0 Å². The highest BCUT2D eigenvalue weighted by molar-refractivity contribution is 5.89. The highest BCUT2D eigenvalue weighted by atomic mass is 19.3. The maximum Gasteiger partial charge on any atom is 0.338 e. The van der Waals surface area contributed by atoms with Crippen LogP contribution in [0, 0.1) is 5.92 Å². The zero-order chi connectivity index (χ0) is 24.8. The molecular formula is C25H22F2N2O6. The van der Waals surface area contributed by atoms with E-state index in [4.69, 9.17) is 14.2 Å². The third-order valence-corrected chi connectivity index (χ3v) is 6.60. The molecule has 1 saturated heterocycles. The monoisotopic (exact) mass is 484 g/mol. The molecule has 5 rings (SSSR count). The van der Waals surface area contributed by atoms with Crippen molar-refractivity contribution >= 4 is 5.97 Å². The smallest absolute Gasteiger partial charge is 0.338 e. The summed E-state index contributed by atoms with van der Waals surface area (Å²) in [4.78, 5) is 37.7. The molecule has 35 heavy (non-hydrogen) atoms. The molecule has 182 valence electrons. The number of nitrogens with zero attached hydrogens (tertiary/aromatic N) is 2. The van der Waals surface area contributed by atoms with Crippen molar-refractivity contribution in [1.82, 2.24) is 9.13 Å². The van der Waals surface area contributed by atoms with Crippen LogP contribution < -0.4 is 16.0 Å². The van der Waals surface area contributed by atoms with Crippen LogP contribution >= 0.6 is 0 Å². The summed E-state index contributed by atoms with van der Waals surface area (Å²) >= 11 is 0. The fourth-order valence-corrected chi connectivity index (χ4v) is 4.54. The van der Waals surface area contributed by atoms with E-state index in [9.17, 15) is 23.2 Å². The molecule has 2 aromatic carbocycles. The first-order valence-corrected chi connectivity index (χ1v) is 11.0. The van der Waals surface area contributed by atoms with Gasteiger partial charge in [-0.25, -0.2) is 18.4 Å². The van der Waals surface area contributed by atoms with Gasteiger partial charge in [-0.2, -0.15) is 0 Å². The molecular weight excluding hydrogens is 462 g/mol. The second-order valence-corrected chi connectivity index (χ2v) is 8.59. The van der Waals surface area contributed by atoms with Gasteiger partial charge in [-0.1, -0.05) is 30.3 Å². The van der Waals surface area contributed by atoms with Crippen LogP contribution in [-0.4, -0.2) is 40.3 Å². The molecule has 3 aromatic rings. The number of fused-ring (bicyclic) bond motifs is 1. The Morgan fingerprint density at radius 3 is 2.49 bits per heavy atom. The molecule has 2 heterocycles. The normalized spacial score (nSPS) is 24.0. The van der Waals surface area contributed by atoms with Crippen LogP contribution in [0.1, 0.15) is 28.6 Å². The highest BCUT2D eigenvalue weighted by Crippen LogP contribution is 2.69. The lowest BCUT2D eigenvalue weighted by atomic mass is 10.2. The van der Waals surface area contributed by atoms with E-state index < -0.39 is 47.5 Å². The summed E-state index contributed by atoms with van der Waals surface area (Å²) in [6.45, 7) is -0.649. The molecule has 2 aliphatic rings. The summed E-state index contributed by atoms with van der Waals surface area (Å²) in [5.41, 5.74) is -2.28. The topological polar surface area (TPSA) is 88.8 Å². The number of carbonyl (C=O) groups excluding carboxylic acids is 1. The van der Waals surface area contributed by atoms with Gasteiger partial charge in [0.1, 0.15) is 18.6 Å². The van der Waals surface area contributed by atoms with Crippen molar-refractivity contribution in [3.05, 3.63) is 98.8 Å². The molecule has 0 unspecified atom stereocenters. The molecule has 1 aromatic heterocycles. The van der Waals surface area contributed by atoms with Gasteiger partial charge >= 0.3 is 11.7 Å². The van der Waals surface area contributed by atoms with Gasteiger partial charge in [-0.3, -0.25) is 13.9 Å². The zero-order valence-corrected chi connectivity index (χ0v) is 18.7. The number of carbonyl (C=O) groups is 1. The van der Waals surface area contributed by atoms with Crippen molar-refractivity contribution in [2.24, 2.45) is 5.92 Å². The number of benzene rings is 2. The van der Waals surface area contributed by atoms with Gasteiger partial charge in [0.15, 0.2) is 5.60 Å². The number of esters is 1. The molecule has 0 spiro atoms. The fourth-order valence-electron chi connectivity index (χ4n) is 4.54. The first-order valence-electron chi connectivity index (χ1n) is 11.0. The number of ether oxygens (including phenoxy) is 3. The Morgan fingerprint density at radius 2 is 1.80 bits per heavy atom. The standard InChI is InChI=1S/C25H22F2N2O6/c1-33-18-9-7-16(8-10-18)14-29-20(30)11-12-28(23(29)32)21-13-19-24(35-21,25(19,26)27)15-34-22(31)17-5-3-2-4-6-17/h2-12,19,21H,13-15H2,1H3/t19-,21+,24+/m0/s1. The molecule has 1 aliphatic heterocycles. The van der Waals surface area contributed by atoms with E-state index in [0.29, 0.717) is 11.3 Å². The number of aromatic nitrogens is 2. The van der Waals surface area contributed by atoms with Gasteiger partial charge < -0.3 is 14.2 Å². The van der Waals surface area contributed by atoms with Gasteiger partial charge in [0, 0.05) is 18.7 Å². The predicted molar refractivity (Wildman–Crippen MR) is 120 cm³/mol. The lowest BCUT2D eigenvalue weighted by Crippen LogP contribution is -2.42. The SMILES string of the molecule is COc1ccc(Cn2c(=O)ccn([C@H]3C[C@@H]4C(F)(F)[C@]4(COC(=O)c4ccccc4)O3)c2=O)cc1. The average molecular weight is 484 g/mol. The summed E-state index contributed by atoms with van der Waals surface area (Å²) in [6, 6.07) is 16.1. The van der Waals surface area contributed by atoms with Crippen LogP contribution in [0.25, 0.3) is 0 Å². The minimum Gasteiger partial charge on any atom is -0.497 e. The number of alkyl halides is 2. The quantitative estimate of drug-likeness (QED) is 0.480. The third kappa shape index (κ3) is 3.83. The van der Waals surface area contributed by atoms with Crippen molar-refractivity contribution in [2.45, 2.75) is 30.7 Å². The van der Waals surface area contributed by atoms with Crippen LogP contribution in [0.15, 0.2) is 76.4 Å². The molecule has 0 amide bonds. The van der Waals surface area contributed by atoms with Gasteiger partial charge in [-0.05, 0) is 29.8 Å². The van der Waals surface area contributed by atoms with E-state index in [1.165, 1.54) is 31.5 Å². The van der Waals surface area contributed by atoms with E-state index in [0.717, 1.165) is 9.13 Å². The summed E-state index contributed by atoms with van der Waals surface area (Å²) < 4.78 is 47.2. The summed E-state index contributed by atoms with van der Waals surface area (Å²) in [5, 5.41) is 0. The van der Waals surface area contributed by atoms with Crippen molar-refractivity contribution in [3.63, 3.8) is 0 Å². The Kier molecular flexibility index (Phi) is 5.55. The van der Waals surface area contributed by atoms with Crippen LogP contribution in [0.2, 0.25) is 0 Å². The maximum atomic E-state index is 14.6. The Labute approximate surface area is 198 Å². The van der Waals surface area contributed by atoms with Crippen LogP contribution in [0.3, 0.4) is 0 Å². The molecule has 10 heteroatoms. The van der Waals surface area contributed by atoms with E-state index in [1.54, 1.807) is 42.5 Å². The average Bonchev–Trinajstić information content (AvgIpc) is 3.13. The van der Waals surface area contributed by atoms with E-state index in [1.807, 2.05) is 0 Å². The van der Waals surface area contributed by atoms with Crippen LogP contribution in [-0.2, 0) is 16.0 Å². The summed E-state index contributed by atoms with van der Waals surface area (Å²) in [5.74, 6) is -4.51. The Hall–Kier alpha value is -3.79. The number of halogens is 2. The first kappa shape index (κ1) is 23.0. The maximum absolute atomic E-state index is 14.6. The van der Waals surface area contributed by atoms with Crippen molar-refractivity contribution < 1.29 is 27.8 Å². The fraction of sp³-hybridized carbons (Fsp3) is 0.320. The lowest BCUT2D eigenvalue weighted by Gasteiger charge is -2.23. The van der Waals surface area contributed by atoms with Crippen molar-refractivity contribution in [3.8, 4) is 5.75 Å². The van der Waals surface area contributed by atoms with Crippen LogP contribution in [0.5, 0.6) is 5.75 Å². The van der Waals surface area contributed by atoms with Crippen molar-refractivity contribution in [2.75, 3.05) is 13.7 Å². The Balaban J connectivity index is 1.35. The number of hydrogen-bond acceptors (Lipinski definition) is 6. The van der Waals surface area contributed by atoms with E-state index >= 15 is 0 Å². The molecule has 0 radical (unpaired) electrons. The second-order valence-electron chi connectivity index (χ2n) is 8.59. The number of rotatable bonds is 7. The summed E-state index contributed by atoms with van der Waals surface area (Å²) in [7, 11) is 1.53. The molecule has 8 nitrogen and oxygen atoms in total. The minimum absolute atomic E-state index is 0.00532. The minimum atomic E-state index is -3.19. The molecule has 2 fully saturated rings. The summed E-state index contributed by atoms with van der Waals surface area (Å²) in [6.07, 6.45) is 0.0634. The van der Waals surface area contributed by atoms with Crippen molar-refractivity contribution in [1.29, 1.82) is 0 Å². The third-order valence-electron chi connectivity index (χ3n) is 6.60. The van der Waals surface area contributed by atoms with E-state index in [2.05, 4.69) is 0 Å². The van der Waals surface area contributed by atoms with Gasteiger partial charge in [0.25, 0.3) is 11.5 Å². The zero-order valence-electron chi connectivity index (χ0n) is 18.7. The first-order chi connectivity index (χ1) is 16.8. The largest absolute Gasteiger partial charge is 0.497 e. The second kappa shape index (κ2) is 8.46. The predicted octanol–water partition coefficient (Wildman–Crippen LogP) is 2.85. The molecule has 1 saturated carbocycles. The van der Waals surface area contributed by atoms with E-state index in [-0.39, 0.29) is 18.5 Å². The number of methoxy groups -OCH3 is 1. The Bertz CT molecular complexity index is 1370. The molecule has 3 atom stereocenters. The van der Waals surface area contributed by atoms with Crippen LogP contribution in [0.4, 0.5) is 8.78 Å². The Morgan fingerprint density at radius 1 is 1.09 bits per heavy atom. The number of hydrogen-bond donors (Lipinski definition) is 0. The van der Waals surface area contributed by atoms with Gasteiger partial charge in [0.2, 0.25) is 0 Å². The van der Waals surface area contributed by atoms with Gasteiger partial charge in [0.05, 0.1) is 25.1 Å². The molecule has 0 bridgehead atoms. The molecule has 0 N–H and O–H groups in total. The lowest BCUT2D eigenvalue weighted by molar-refractivity contribution is -0.133. The highest BCUT2D eigenvalue weighted by Gasteiger charge is 2.86.